The third kappa shape index (κ3) is 3.43. The molecule has 2 aromatic carbocycles. The molecule has 168 valence electrons. The summed E-state index contributed by atoms with van der Waals surface area (Å²) in [5.74, 6) is -1.00. The maximum absolute atomic E-state index is 12.7. The molecule has 6 heteroatoms. The highest BCUT2D eigenvalue weighted by molar-refractivity contribution is 6.04. The summed E-state index contributed by atoms with van der Waals surface area (Å²) in [5, 5.41) is 22.0. The lowest BCUT2D eigenvalue weighted by Gasteiger charge is -2.25. The van der Waals surface area contributed by atoms with Gasteiger partial charge in [-0.1, -0.05) is 61.9 Å². The first kappa shape index (κ1) is 21.5. The van der Waals surface area contributed by atoms with E-state index < -0.39 is 12.0 Å². The molecule has 0 saturated heterocycles. The van der Waals surface area contributed by atoms with Gasteiger partial charge in [-0.3, -0.25) is 0 Å². The Balaban J connectivity index is 1.94. The summed E-state index contributed by atoms with van der Waals surface area (Å²) in [6.07, 6.45) is 3.54. The Bertz CT molecular complexity index is 1540. The molecule has 3 heterocycles. The Labute approximate surface area is 197 Å². The second-order valence-corrected chi connectivity index (χ2v) is 8.33. The number of carbonyl (C=O) groups is 1. The lowest BCUT2D eigenvalue weighted by molar-refractivity contribution is 0.0697. The Morgan fingerprint density at radius 3 is 2.59 bits per heavy atom. The van der Waals surface area contributed by atoms with Crippen molar-refractivity contribution in [2.75, 3.05) is 0 Å². The Hall–Kier alpha value is -4.37. The number of benzene rings is 2. The average molecular weight is 449 g/mol. The molecule has 0 aliphatic carbocycles. The minimum Gasteiger partial charge on any atom is -0.478 e. The number of unbranched alkanes of at least 4 members (excludes halogenated alkanes) is 1. The summed E-state index contributed by atoms with van der Waals surface area (Å²) in [6.45, 7) is 2.75. The maximum Gasteiger partial charge on any atom is 0.338 e. The van der Waals surface area contributed by atoms with E-state index in [2.05, 4.69) is 18.0 Å². The number of carboxylic acid groups (broad SMARTS) is 1. The number of aryl methyl sites for hydroxylation is 1. The molecule has 0 spiro atoms. The summed E-state index contributed by atoms with van der Waals surface area (Å²) >= 11 is 0. The highest BCUT2D eigenvalue weighted by Crippen LogP contribution is 2.38. The first-order valence-corrected chi connectivity index (χ1v) is 11.4. The van der Waals surface area contributed by atoms with Gasteiger partial charge in [-0.25, -0.2) is 9.78 Å². The van der Waals surface area contributed by atoms with Crippen molar-refractivity contribution in [3.8, 4) is 6.07 Å². The molecule has 0 bridgehead atoms. The van der Waals surface area contributed by atoms with E-state index in [1.807, 2.05) is 75.9 Å². The van der Waals surface area contributed by atoms with Gasteiger partial charge in [0.15, 0.2) is 0 Å². The monoisotopic (exact) mass is 448 g/mol. The van der Waals surface area contributed by atoms with E-state index in [0.29, 0.717) is 29.0 Å². The van der Waals surface area contributed by atoms with E-state index in [1.54, 1.807) is 12.3 Å². The molecular weight excluding hydrogens is 424 g/mol. The molecular formula is C28H24N4O2. The van der Waals surface area contributed by atoms with Crippen molar-refractivity contribution < 1.29 is 9.90 Å². The summed E-state index contributed by atoms with van der Waals surface area (Å²) in [4.78, 5) is 17.3. The first-order valence-electron chi connectivity index (χ1n) is 11.4. The fourth-order valence-electron chi connectivity index (χ4n) is 4.85. The zero-order chi connectivity index (χ0) is 23.7. The van der Waals surface area contributed by atoms with Crippen LogP contribution in [-0.4, -0.2) is 25.2 Å². The Morgan fingerprint density at radius 1 is 1.09 bits per heavy atom. The molecule has 1 unspecified atom stereocenters. The number of nitriles is 1. The van der Waals surface area contributed by atoms with Gasteiger partial charge in [0.2, 0.25) is 0 Å². The van der Waals surface area contributed by atoms with Crippen LogP contribution in [0.25, 0.3) is 21.9 Å². The molecule has 0 saturated carbocycles. The smallest absolute Gasteiger partial charge is 0.338 e. The lowest BCUT2D eigenvalue weighted by Crippen LogP contribution is -2.21. The summed E-state index contributed by atoms with van der Waals surface area (Å²) in [7, 11) is 0. The largest absolute Gasteiger partial charge is 0.478 e. The molecule has 0 radical (unpaired) electrons. The van der Waals surface area contributed by atoms with Crippen molar-refractivity contribution in [2.24, 2.45) is 0 Å². The normalized spacial score (nSPS) is 12.1. The van der Waals surface area contributed by atoms with Gasteiger partial charge in [-0.05, 0) is 36.2 Å². The molecule has 5 aromatic rings. The van der Waals surface area contributed by atoms with Crippen LogP contribution in [0.4, 0.5) is 0 Å². The highest BCUT2D eigenvalue weighted by Gasteiger charge is 2.32. The molecule has 0 aliphatic heterocycles. The minimum atomic E-state index is -1.00. The van der Waals surface area contributed by atoms with Crippen LogP contribution in [0.2, 0.25) is 0 Å². The fourth-order valence-corrected chi connectivity index (χ4v) is 4.85. The number of rotatable bonds is 7. The van der Waals surface area contributed by atoms with Gasteiger partial charge in [-0.15, -0.1) is 0 Å². The van der Waals surface area contributed by atoms with E-state index >= 15 is 0 Å². The van der Waals surface area contributed by atoms with Gasteiger partial charge in [-0.2, -0.15) is 5.26 Å². The zero-order valence-corrected chi connectivity index (χ0v) is 18.8. The van der Waals surface area contributed by atoms with Gasteiger partial charge >= 0.3 is 5.97 Å². The van der Waals surface area contributed by atoms with E-state index in [4.69, 9.17) is 0 Å². The molecule has 34 heavy (non-hydrogen) atoms. The number of fused-ring (bicyclic) bond motifs is 2. The van der Waals surface area contributed by atoms with Crippen LogP contribution in [0.3, 0.4) is 0 Å². The van der Waals surface area contributed by atoms with Gasteiger partial charge < -0.3 is 14.2 Å². The quantitative estimate of drug-likeness (QED) is 0.331. The number of pyridine rings is 1. The zero-order valence-electron chi connectivity index (χ0n) is 18.8. The van der Waals surface area contributed by atoms with Crippen molar-refractivity contribution in [3.05, 3.63) is 102 Å². The summed E-state index contributed by atoms with van der Waals surface area (Å²) < 4.78 is 4.00. The van der Waals surface area contributed by atoms with Crippen LogP contribution in [0.15, 0.2) is 79.0 Å². The first-order chi connectivity index (χ1) is 16.7. The van der Waals surface area contributed by atoms with Crippen LogP contribution in [0, 0.1) is 11.3 Å². The van der Waals surface area contributed by atoms with E-state index in [0.717, 1.165) is 29.3 Å². The lowest BCUT2D eigenvalue weighted by atomic mass is 9.98. The standard InChI is InChI=1S/C28H24N4O2/c1-2-3-16-31-26(24(28(33)34)22-13-9-15-30-27(22)31)25(19-10-5-4-6-11-19)32-21(18-29)17-20-12-7-8-14-23(20)32/h4-15,17,25H,2-3,16H2,1H3,(H,33,34). The third-order valence-corrected chi connectivity index (χ3v) is 6.30. The number of hydrogen-bond acceptors (Lipinski definition) is 3. The predicted octanol–water partition coefficient (Wildman–Crippen LogP) is 6.00. The van der Waals surface area contributed by atoms with E-state index in [-0.39, 0.29) is 5.56 Å². The summed E-state index contributed by atoms with van der Waals surface area (Å²) in [5.41, 5.74) is 3.78. The second-order valence-electron chi connectivity index (χ2n) is 8.33. The second kappa shape index (κ2) is 8.87. The van der Waals surface area contributed by atoms with Gasteiger partial charge in [0.05, 0.1) is 16.8 Å². The van der Waals surface area contributed by atoms with Gasteiger partial charge in [0, 0.05) is 23.5 Å². The number of aromatic nitrogens is 3. The van der Waals surface area contributed by atoms with Crippen LogP contribution in [-0.2, 0) is 6.54 Å². The molecule has 0 fully saturated rings. The SMILES string of the molecule is CCCCn1c(C(c2ccccc2)n2c(C#N)cc3ccccc32)c(C(=O)O)c2cccnc21. The molecule has 1 N–H and O–H groups in total. The van der Waals surface area contributed by atoms with Crippen molar-refractivity contribution in [1.29, 1.82) is 5.26 Å². The van der Waals surface area contributed by atoms with E-state index in [9.17, 15) is 15.2 Å². The van der Waals surface area contributed by atoms with Crippen molar-refractivity contribution in [3.63, 3.8) is 0 Å². The molecule has 0 amide bonds. The molecule has 6 nitrogen and oxygen atoms in total. The van der Waals surface area contributed by atoms with Crippen molar-refractivity contribution in [2.45, 2.75) is 32.4 Å². The fraction of sp³-hybridized carbons (Fsp3) is 0.179. The van der Waals surface area contributed by atoms with Crippen molar-refractivity contribution in [1.82, 2.24) is 14.1 Å². The summed E-state index contributed by atoms with van der Waals surface area (Å²) in [6, 6.07) is 24.9. The third-order valence-electron chi connectivity index (χ3n) is 6.30. The molecule has 5 rings (SSSR count). The number of hydrogen-bond donors (Lipinski definition) is 1. The highest BCUT2D eigenvalue weighted by atomic mass is 16.4. The Kier molecular flexibility index (Phi) is 5.60. The molecule has 0 aliphatic rings. The average Bonchev–Trinajstić information content (AvgIpc) is 3.40. The van der Waals surface area contributed by atoms with Crippen LogP contribution < -0.4 is 0 Å². The minimum absolute atomic E-state index is 0.231. The molecule has 3 aromatic heterocycles. The number of para-hydroxylation sites is 1. The van der Waals surface area contributed by atoms with Crippen molar-refractivity contribution >= 4 is 27.9 Å². The maximum atomic E-state index is 12.7. The van der Waals surface area contributed by atoms with Crippen LogP contribution >= 0.6 is 0 Å². The molecule has 1 atom stereocenters. The van der Waals surface area contributed by atoms with Gasteiger partial charge in [0.25, 0.3) is 0 Å². The predicted molar refractivity (Wildman–Crippen MR) is 132 cm³/mol. The number of nitrogens with zero attached hydrogens (tertiary/aromatic N) is 4. The Morgan fingerprint density at radius 2 is 1.85 bits per heavy atom. The van der Waals surface area contributed by atoms with Crippen LogP contribution in [0.5, 0.6) is 0 Å². The van der Waals surface area contributed by atoms with E-state index in [1.165, 1.54) is 0 Å². The van der Waals surface area contributed by atoms with Gasteiger partial charge in [0.1, 0.15) is 23.5 Å². The number of aromatic carboxylic acids is 1. The topological polar surface area (TPSA) is 83.8 Å². The van der Waals surface area contributed by atoms with Crippen LogP contribution in [0.1, 0.15) is 53.1 Å². The number of carboxylic acids is 1.